The largest absolute Gasteiger partial charge is 0.457 e. The second kappa shape index (κ2) is 16.1. The molecular formula is C29H32ClN2O6PS. The fourth-order valence-electron chi connectivity index (χ4n) is 3.55. The van der Waals surface area contributed by atoms with E-state index in [1.54, 1.807) is 42.7 Å². The Kier molecular flexibility index (Phi) is 13.3. The lowest BCUT2D eigenvalue weighted by Gasteiger charge is -2.22. The molecule has 1 amide bonds. The summed E-state index contributed by atoms with van der Waals surface area (Å²) in [6, 6.07) is 25.5. The third-order valence-electron chi connectivity index (χ3n) is 5.42. The van der Waals surface area contributed by atoms with Gasteiger partial charge in [0.15, 0.2) is 0 Å². The number of carbonyl (C=O) groups excluding carboxylic acids is 2. The Morgan fingerprint density at radius 1 is 0.975 bits per heavy atom. The summed E-state index contributed by atoms with van der Waals surface area (Å²) < 4.78 is 27.2. The number of halogens is 1. The Morgan fingerprint density at radius 2 is 1.60 bits per heavy atom. The predicted octanol–water partition coefficient (Wildman–Crippen LogP) is 7.92. The summed E-state index contributed by atoms with van der Waals surface area (Å²) in [4.78, 5) is 23.4. The van der Waals surface area contributed by atoms with Crippen molar-refractivity contribution in [3.8, 4) is 17.6 Å². The Balaban J connectivity index is 0.000000478. The van der Waals surface area contributed by atoms with E-state index in [4.69, 9.17) is 21.1 Å². The molecule has 0 aromatic heterocycles. The van der Waals surface area contributed by atoms with Crippen molar-refractivity contribution in [2.75, 3.05) is 13.4 Å². The topological polar surface area (TPSA) is 115 Å². The smallest absolute Gasteiger partial charge is 0.352 e. The summed E-state index contributed by atoms with van der Waals surface area (Å²) in [6.07, 6.45) is 0.575. The van der Waals surface area contributed by atoms with E-state index in [0.717, 1.165) is 16.9 Å². The molecule has 0 radical (unpaired) electrons. The number of benzene rings is 3. The molecule has 0 bridgehead atoms. The first-order valence-electron chi connectivity index (χ1n) is 12.2. The van der Waals surface area contributed by atoms with Gasteiger partial charge in [-0.2, -0.15) is 5.26 Å². The van der Waals surface area contributed by atoms with Crippen LogP contribution in [0.25, 0.3) is 0 Å². The highest BCUT2D eigenvalue weighted by molar-refractivity contribution is 8.55. The first-order valence-corrected chi connectivity index (χ1v) is 16.0. The van der Waals surface area contributed by atoms with Crippen LogP contribution in [0.3, 0.4) is 0 Å². The van der Waals surface area contributed by atoms with Crippen molar-refractivity contribution in [1.82, 2.24) is 5.09 Å². The normalized spacial score (nSPS) is 13.4. The van der Waals surface area contributed by atoms with Crippen LogP contribution in [0.4, 0.5) is 0 Å². The monoisotopic (exact) mass is 602 g/mol. The lowest BCUT2D eigenvalue weighted by molar-refractivity contribution is -0.150. The molecule has 3 aromatic rings. The van der Waals surface area contributed by atoms with Gasteiger partial charge < -0.3 is 14.0 Å². The van der Waals surface area contributed by atoms with Crippen LogP contribution in [0, 0.1) is 17.2 Å². The van der Waals surface area contributed by atoms with Gasteiger partial charge in [-0.1, -0.05) is 79.3 Å². The van der Waals surface area contributed by atoms with Gasteiger partial charge >= 0.3 is 12.7 Å². The Morgan fingerprint density at radius 3 is 2.10 bits per heavy atom. The Labute approximate surface area is 244 Å². The number of nitrogens with one attached hydrogen (secondary N) is 1. The number of para-hydroxylation sites is 1. The molecule has 3 atom stereocenters. The highest BCUT2D eigenvalue weighted by Gasteiger charge is 2.29. The molecule has 8 nitrogen and oxygen atoms in total. The lowest BCUT2D eigenvalue weighted by atomic mass is 9.88. The van der Waals surface area contributed by atoms with Gasteiger partial charge in [-0.15, -0.1) is 0 Å². The van der Waals surface area contributed by atoms with Crippen molar-refractivity contribution in [3.05, 3.63) is 95.0 Å². The highest BCUT2D eigenvalue weighted by Crippen LogP contribution is 2.53. The first-order chi connectivity index (χ1) is 19.0. The fraction of sp³-hybridized carbons (Fsp3) is 0.276. The number of hydrogen-bond acceptors (Lipinski definition) is 8. The number of carbonyl (C=O) groups is 2. The Hall–Kier alpha value is -3.28. The number of nitrogens with zero attached hydrogens (tertiary/aromatic N) is 1. The summed E-state index contributed by atoms with van der Waals surface area (Å²) in [5, 5.41) is 12.5. The van der Waals surface area contributed by atoms with Crippen LogP contribution in [0.5, 0.6) is 11.5 Å². The average molecular weight is 603 g/mol. The number of nitriles is 1. The third-order valence-corrected chi connectivity index (χ3v) is 9.38. The number of amides is 1. The SMILES string of the molecule is CC(C)C(C(=O)OC(C#N)c1cccc(Oc2ccccc2)c1)c1ccc(Cl)cc1.COP(=O)(NC(C)=O)SC. The minimum absolute atomic E-state index is 0.00855. The van der Waals surface area contributed by atoms with E-state index in [1.165, 1.54) is 14.0 Å². The molecule has 3 rings (SSSR count). The van der Waals surface area contributed by atoms with E-state index < -0.39 is 24.7 Å². The van der Waals surface area contributed by atoms with Gasteiger partial charge in [0, 0.05) is 24.6 Å². The molecule has 0 aliphatic carbocycles. The maximum absolute atomic E-state index is 13.0. The van der Waals surface area contributed by atoms with Crippen LogP contribution in [-0.4, -0.2) is 25.2 Å². The van der Waals surface area contributed by atoms with Gasteiger partial charge in [-0.25, -0.2) is 0 Å². The molecule has 40 heavy (non-hydrogen) atoms. The molecule has 3 unspecified atom stereocenters. The minimum Gasteiger partial charge on any atom is -0.457 e. The highest BCUT2D eigenvalue weighted by atomic mass is 35.5. The lowest BCUT2D eigenvalue weighted by Crippen LogP contribution is -2.22. The molecule has 0 heterocycles. The predicted molar refractivity (Wildman–Crippen MR) is 158 cm³/mol. The molecule has 11 heteroatoms. The van der Waals surface area contributed by atoms with E-state index >= 15 is 0 Å². The summed E-state index contributed by atoms with van der Waals surface area (Å²) in [5.74, 6) is -0.0590. The van der Waals surface area contributed by atoms with Gasteiger partial charge in [0.05, 0.1) is 5.92 Å². The second-order valence-electron chi connectivity index (χ2n) is 8.74. The quantitative estimate of drug-likeness (QED) is 0.184. The van der Waals surface area contributed by atoms with Crippen molar-refractivity contribution >= 4 is 41.6 Å². The number of esters is 1. The molecule has 0 saturated heterocycles. The molecular weight excluding hydrogens is 571 g/mol. The van der Waals surface area contributed by atoms with Crippen molar-refractivity contribution < 1.29 is 28.2 Å². The van der Waals surface area contributed by atoms with Crippen LogP contribution >= 0.6 is 29.7 Å². The Bertz CT molecular complexity index is 1340. The summed E-state index contributed by atoms with van der Waals surface area (Å²) in [5.41, 5.74) is 1.36. The van der Waals surface area contributed by atoms with Gasteiger partial charge in [-0.05, 0) is 54.1 Å². The van der Waals surface area contributed by atoms with Crippen LogP contribution < -0.4 is 9.82 Å². The van der Waals surface area contributed by atoms with Crippen molar-refractivity contribution in [2.45, 2.75) is 32.8 Å². The van der Waals surface area contributed by atoms with Crippen LogP contribution in [0.2, 0.25) is 5.02 Å². The van der Waals surface area contributed by atoms with Crippen LogP contribution in [0.1, 0.15) is 43.9 Å². The molecule has 1 N–H and O–H groups in total. The molecule has 0 fully saturated rings. The average Bonchev–Trinajstić information content (AvgIpc) is 2.93. The van der Waals surface area contributed by atoms with Crippen LogP contribution in [-0.2, 0) is 23.4 Å². The molecule has 0 aliphatic rings. The van der Waals surface area contributed by atoms with E-state index in [2.05, 4.69) is 15.7 Å². The zero-order valence-electron chi connectivity index (χ0n) is 22.9. The zero-order valence-corrected chi connectivity index (χ0v) is 25.3. The van der Waals surface area contributed by atoms with Gasteiger partial charge in [0.2, 0.25) is 12.0 Å². The van der Waals surface area contributed by atoms with Gasteiger partial charge in [0.1, 0.15) is 17.6 Å². The maximum atomic E-state index is 13.0. The van der Waals surface area contributed by atoms with Crippen LogP contribution in [0.15, 0.2) is 78.9 Å². The summed E-state index contributed by atoms with van der Waals surface area (Å²) in [7, 11) is 1.30. The van der Waals surface area contributed by atoms with E-state index in [9.17, 15) is 19.4 Å². The summed E-state index contributed by atoms with van der Waals surface area (Å²) >= 11 is 6.97. The van der Waals surface area contributed by atoms with Crippen molar-refractivity contribution in [3.63, 3.8) is 0 Å². The van der Waals surface area contributed by atoms with Gasteiger partial charge in [0.25, 0.3) is 0 Å². The molecule has 0 spiro atoms. The molecule has 212 valence electrons. The van der Waals surface area contributed by atoms with E-state index in [1.807, 2.05) is 56.3 Å². The second-order valence-corrected chi connectivity index (χ2v) is 13.7. The molecule has 0 aliphatic heterocycles. The number of ether oxygens (including phenoxy) is 2. The standard InChI is InChI=1S/C25H22ClNO3.C4H10NO3PS/c1-17(2)24(18-11-13-20(26)14-12-18)25(28)30-23(16-27)19-7-6-10-22(15-19)29-21-8-4-3-5-9-21;1-4(6)5-9(7,8-2)10-3/h3-15,17,23-24H,1-2H3;1-3H3,(H,5,6,7). The summed E-state index contributed by atoms with van der Waals surface area (Å²) in [6.45, 7) is 2.25. The van der Waals surface area contributed by atoms with E-state index in [0.29, 0.717) is 22.1 Å². The van der Waals surface area contributed by atoms with Gasteiger partial charge in [-0.3, -0.25) is 19.2 Å². The first kappa shape index (κ1) is 32.9. The van der Waals surface area contributed by atoms with Crippen molar-refractivity contribution in [1.29, 1.82) is 5.26 Å². The zero-order chi connectivity index (χ0) is 29.7. The number of rotatable bonds is 10. The molecule has 3 aromatic carbocycles. The number of hydrogen-bond donors (Lipinski definition) is 1. The third kappa shape index (κ3) is 10.4. The van der Waals surface area contributed by atoms with Crippen molar-refractivity contribution in [2.24, 2.45) is 5.92 Å². The minimum atomic E-state index is -2.92. The molecule has 0 saturated carbocycles. The fourth-order valence-corrected chi connectivity index (χ4v) is 5.50. The maximum Gasteiger partial charge on any atom is 0.352 e. The van der Waals surface area contributed by atoms with E-state index in [-0.39, 0.29) is 11.8 Å².